The first kappa shape index (κ1) is 13.7. The number of hydrogen-bond donors (Lipinski definition) is 1. The molecule has 0 bridgehead atoms. The highest BCUT2D eigenvalue weighted by molar-refractivity contribution is 5.62. The van der Waals surface area contributed by atoms with Crippen LogP contribution >= 0.6 is 0 Å². The van der Waals surface area contributed by atoms with Gasteiger partial charge in [-0.2, -0.15) is 18.2 Å². The van der Waals surface area contributed by atoms with Gasteiger partial charge in [-0.1, -0.05) is 0 Å². The van der Waals surface area contributed by atoms with Gasteiger partial charge in [-0.05, 0) is 36.2 Å². The summed E-state index contributed by atoms with van der Waals surface area (Å²) in [6.45, 7) is 1.65. The highest BCUT2D eigenvalue weighted by Gasteiger charge is 2.31. The van der Waals surface area contributed by atoms with Crippen molar-refractivity contribution in [1.82, 2.24) is 10.1 Å². The number of hydrogen-bond acceptors (Lipinski definition) is 5. The van der Waals surface area contributed by atoms with Crippen molar-refractivity contribution in [1.29, 1.82) is 0 Å². The SMILES string of the molecule is Nc1cc(-c2nc(N3CCCC3)no2)cc(C(F)(F)F)c1. The summed E-state index contributed by atoms with van der Waals surface area (Å²) in [6, 6.07) is 3.22. The van der Waals surface area contributed by atoms with E-state index in [4.69, 9.17) is 10.3 Å². The van der Waals surface area contributed by atoms with Crippen molar-refractivity contribution in [2.45, 2.75) is 19.0 Å². The lowest BCUT2D eigenvalue weighted by atomic mass is 10.1. The Balaban J connectivity index is 1.95. The van der Waals surface area contributed by atoms with Crippen LogP contribution in [0.1, 0.15) is 18.4 Å². The van der Waals surface area contributed by atoms with E-state index in [0.717, 1.165) is 38.1 Å². The lowest BCUT2D eigenvalue weighted by Gasteiger charge is -2.10. The molecule has 0 saturated carbocycles. The second kappa shape index (κ2) is 4.94. The standard InChI is InChI=1S/C13H13F3N4O/c14-13(15,16)9-5-8(6-10(17)7-9)11-18-12(19-21-11)20-3-1-2-4-20/h5-7H,1-4,17H2. The lowest BCUT2D eigenvalue weighted by molar-refractivity contribution is -0.137. The zero-order valence-electron chi connectivity index (χ0n) is 11.0. The van der Waals surface area contributed by atoms with Gasteiger partial charge in [0, 0.05) is 24.3 Å². The van der Waals surface area contributed by atoms with Crippen LogP contribution < -0.4 is 10.6 Å². The van der Waals surface area contributed by atoms with Crippen molar-refractivity contribution < 1.29 is 17.7 Å². The highest BCUT2D eigenvalue weighted by Crippen LogP contribution is 2.34. The lowest BCUT2D eigenvalue weighted by Crippen LogP contribution is -2.18. The molecule has 3 rings (SSSR count). The summed E-state index contributed by atoms with van der Waals surface area (Å²) in [5.74, 6) is 0.438. The largest absolute Gasteiger partial charge is 0.416 e. The highest BCUT2D eigenvalue weighted by atomic mass is 19.4. The van der Waals surface area contributed by atoms with Crippen LogP contribution in [-0.4, -0.2) is 23.2 Å². The van der Waals surface area contributed by atoms with E-state index < -0.39 is 11.7 Å². The van der Waals surface area contributed by atoms with Gasteiger partial charge in [-0.15, -0.1) is 0 Å². The van der Waals surface area contributed by atoms with Crippen molar-refractivity contribution >= 4 is 11.6 Å². The molecule has 0 spiro atoms. The third kappa shape index (κ3) is 2.79. The summed E-state index contributed by atoms with van der Waals surface area (Å²) in [7, 11) is 0. The number of nitrogens with two attached hydrogens (primary N) is 1. The van der Waals surface area contributed by atoms with Gasteiger partial charge in [0.15, 0.2) is 0 Å². The quantitative estimate of drug-likeness (QED) is 0.863. The summed E-state index contributed by atoms with van der Waals surface area (Å²) in [5, 5.41) is 3.81. The third-order valence-corrected chi connectivity index (χ3v) is 3.33. The number of alkyl halides is 3. The van der Waals surface area contributed by atoms with Crippen LogP contribution in [0.15, 0.2) is 22.7 Å². The van der Waals surface area contributed by atoms with Gasteiger partial charge in [0.25, 0.3) is 11.8 Å². The van der Waals surface area contributed by atoms with Crippen LogP contribution in [0.3, 0.4) is 0 Å². The molecule has 1 aromatic carbocycles. The molecule has 0 unspecified atom stereocenters. The summed E-state index contributed by atoms with van der Waals surface area (Å²) in [4.78, 5) is 6.09. The third-order valence-electron chi connectivity index (χ3n) is 3.33. The number of nitrogen functional groups attached to an aromatic ring is 1. The van der Waals surface area contributed by atoms with Crippen molar-refractivity contribution in [2.75, 3.05) is 23.7 Å². The van der Waals surface area contributed by atoms with Gasteiger partial charge >= 0.3 is 6.18 Å². The fourth-order valence-electron chi connectivity index (χ4n) is 2.32. The van der Waals surface area contributed by atoms with E-state index in [1.165, 1.54) is 6.07 Å². The molecule has 1 fully saturated rings. The minimum Gasteiger partial charge on any atom is -0.399 e. The van der Waals surface area contributed by atoms with E-state index in [9.17, 15) is 13.2 Å². The first-order valence-electron chi connectivity index (χ1n) is 6.50. The molecule has 1 aromatic heterocycles. The summed E-state index contributed by atoms with van der Waals surface area (Å²) < 4.78 is 43.4. The molecule has 1 aliphatic heterocycles. The fourth-order valence-corrected chi connectivity index (χ4v) is 2.32. The molecule has 8 heteroatoms. The normalized spacial score (nSPS) is 15.7. The molecule has 112 valence electrons. The summed E-state index contributed by atoms with van der Waals surface area (Å²) in [5.41, 5.74) is 4.85. The second-order valence-electron chi connectivity index (χ2n) is 4.94. The molecule has 0 radical (unpaired) electrons. The predicted octanol–water partition coefficient (Wildman–Crippen LogP) is 2.94. The van der Waals surface area contributed by atoms with Crippen LogP contribution in [0.25, 0.3) is 11.5 Å². The van der Waals surface area contributed by atoms with Gasteiger partial charge in [-0.3, -0.25) is 0 Å². The van der Waals surface area contributed by atoms with E-state index in [1.807, 2.05) is 4.90 Å². The van der Waals surface area contributed by atoms with E-state index >= 15 is 0 Å². The van der Waals surface area contributed by atoms with E-state index in [0.29, 0.717) is 5.95 Å². The van der Waals surface area contributed by atoms with Crippen molar-refractivity contribution in [3.63, 3.8) is 0 Å². The second-order valence-corrected chi connectivity index (χ2v) is 4.94. The Labute approximate surface area is 118 Å². The van der Waals surface area contributed by atoms with Crippen LogP contribution in [0, 0.1) is 0 Å². The number of halogens is 3. The summed E-state index contributed by atoms with van der Waals surface area (Å²) >= 11 is 0. The van der Waals surface area contributed by atoms with Crippen LogP contribution in [0.2, 0.25) is 0 Å². The van der Waals surface area contributed by atoms with Gasteiger partial charge in [-0.25, -0.2) is 0 Å². The maximum atomic E-state index is 12.8. The Morgan fingerprint density at radius 2 is 1.86 bits per heavy atom. The molecular weight excluding hydrogens is 285 g/mol. The molecule has 5 nitrogen and oxygen atoms in total. The van der Waals surface area contributed by atoms with Crippen molar-refractivity contribution in [3.8, 4) is 11.5 Å². The average Bonchev–Trinajstić information content (AvgIpc) is 3.08. The number of nitrogens with zero attached hydrogens (tertiary/aromatic N) is 3. The zero-order chi connectivity index (χ0) is 15.0. The zero-order valence-corrected chi connectivity index (χ0v) is 11.0. The molecule has 0 amide bonds. The number of anilines is 2. The maximum Gasteiger partial charge on any atom is 0.416 e. The monoisotopic (exact) mass is 298 g/mol. The Kier molecular flexibility index (Phi) is 3.23. The Morgan fingerprint density at radius 1 is 1.14 bits per heavy atom. The van der Waals surface area contributed by atoms with Gasteiger partial charge in [0.05, 0.1) is 5.56 Å². The van der Waals surface area contributed by atoms with Crippen LogP contribution in [-0.2, 0) is 6.18 Å². The maximum absolute atomic E-state index is 12.8. The molecule has 21 heavy (non-hydrogen) atoms. The first-order chi connectivity index (χ1) is 9.93. The van der Waals surface area contributed by atoms with Gasteiger partial charge < -0.3 is 15.2 Å². The Morgan fingerprint density at radius 3 is 2.52 bits per heavy atom. The minimum atomic E-state index is -4.47. The van der Waals surface area contributed by atoms with E-state index in [1.54, 1.807) is 0 Å². The number of benzene rings is 1. The first-order valence-corrected chi connectivity index (χ1v) is 6.50. The van der Waals surface area contributed by atoms with Crippen LogP contribution in [0.4, 0.5) is 24.8 Å². The van der Waals surface area contributed by atoms with Crippen molar-refractivity contribution in [3.05, 3.63) is 23.8 Å². The molecule has 1 aliphatic rings. The number of rotatable bonds is 2. The number of aromatic nitrogens is 2. The van der Waals surface area contributed by atoms with Crippen molar-refractivity contribution in [2.24, 2.45) is 0 Å². The molecule has 0 atom stereocenters. The van der Waals surface area contributed by atoms with E-state index in [2.05, 4.69) is 10.1 Å². The van der Waals surface area contributed by atoms with Gasteiger partial charge in [0.1, 0.15) is 0 Å². The molecular formula is C13H13F3N4O. The molecule has 1 saturated heterocycles. The topological polar surface area (TPSA) is 68.2 Å². The smallest absolute Gasteiger partial charge is 0.399 e. The van der Waals surface area contributed by atoms with E-state index in [-0.39, 0.29) is 17.1 Å². The summed E-state index contributed by atoms with van der Waals surface area (Å²) in [6.07, 6.45) is -2.39. The molecule has 2 N–H and O–H groups in total. The predicted molar refractivity (Wildman–Crippen MR) is 70.6 cm³/mol. The average molecular weight is 298 g/mol. The molecule has 2 heterocycles. The molecule has 2 aromatic rings. The fraction of sp³-hybridized carbons (Fsp3) is 0.385. The molecule has 0 aliphatic carbocycles. The van der Waals surface area contributed by atoms with Crippen LogP contribution in [0.5, 0.6) is 0 Å². The minimum absolute atomic E-state index is 0.000692. The Hall–Kier alpha value is -2.25. The van der Waals surface area contributed by atoms with Gasteiger partial charge in [0.2, 0.25) is 0 Å². The Bertz CT molecular complexity index is 647.